The molecule has 2 unspecified atom stereocenters. The van der Waals surface area contributed by atoms with Gasteiger partial charge in [-0.1, -0.05) is 59.6 Å². The van der Waals surface area contributed by atoms with Gasteiger partial charge in [-0.25, -0.2) is 0 Å². The summed E-state index contributed by atoms with van der Waals surface area (Å²) < 4.78 is 0. The fourth-order valence-electron chi connectivity index (χ4n) is 2.25. The van der Waals surface area contributed by atoms with Gasteiger partial charge in [-0.05, 0) is 24.6 Å². The van der Waals surface area contributed by atoms with Gasteiger partial charge in [0.05, 0.1) is 0 Å². The Bertz CT molecular complexity index is 537. The second kappa shape index (κ2) is 7.09. The molecule has 2 aromatic rings. The van der Waals surface area contributed by atoms with Crippen LogP contribution in [0.3, 0.4) is 0 Å². The molecule has 0 fully saturated rings. The lowest BCUT2D eigenvalue weighted by molar-refractivity contribution is 0.473. The van der Waals surface area contributed by atoms with Crippen molar-refractivity contribution >= 4 is 23.2 Å². The molecule has 2 nitrogen and oxygen atoms in total. The molecule has 0 aromatic heterocycles. The summed E-state index contributed by atoms with van der Waals surface area (Å²) in [5, 5.41) is 4.77. The largest absolute Gasteiger partial charge is 0.329 e. The van der Waals surface area contributed by atoms with Crippen molar-refractivity contribution in [2.75, 3.05) is 6.54 Å². The summed E-state index contributed by atoms with van der Waals surface area (Å²) >= 11 is 12.5. The Hall–Kier alpha value is -1.06. The van der Waals surface area contributed by atoms with Gasteiger partial charge in [0, 0.05) is 34.2 Å². The molecule has 2 atom stereocenters. The Morgan fingerprint density at radius 3 is 2.15 bits per heavy atom. The van der Waals surface area contributed by atoms with Gasteiger partial charge >= 0.3 is 0 Å². The fraction of sp³-hybridized carbons (Fsp3) is 0.250. The molecule has 0 aliphatic heterocycles. The monoisotopic (exact) mass is 308 g/mol. The predicted molar refractivity (Wildman–Crippen MR) is 86.3 cm³/mol. The van der Waals surface area contributed by atoms with Crippen molar-refractivity contribution in [2.45, 2.75) is 19.0 Å². The molecule has 0 aliphatic rings. The highest BCUT2D eigenvalue weighted by Crippen LogP contribution is 2.31. The molecular weight excluding hydrogens is 291 g/mol. The number of nitrogens with two attached hydrogens (primary N) is 1. The van der Waals surface area contributed by atoms with Crippen molar-refractivity contribution in [2.24, 2.45) is 5.73 Å². The topological polar surface area (TPSA) is 38.0 Å². The molecule has 0 aliphatic carbocycles. The summed E-state index contributed by atoms with van der Waals surface area (Å²) in [6, 6.07) is 15.8. The lowest BCUT2D eigenvalue weighted by atomic mass is 10.0. The van der Waals surface area contributed by atoms with E-state index in [4.69, 9.17) is 28.9 Å². The molecule has 20 heavy (non-hydrogen) atoms. The Morgan fingerprint density at radius 2 is 1.60 bits per heavy atom. The first-order chi connectivity index (χ1) is 9.63. The van der Waals surface area contributed by atoms with E-state index in [9.17, 15) is 0 Å². The van der Waals surface area contributed by atoms with E-state index in [0.717, 1.165) is 5.56 Å². The molecule has 106 valence electrons. The van der Waals surface area contributed by atoms with Gasteiger partial charge in [-0.15, -0.1) is 0 Å². The normalized spacial score (nSPS) is 14.0. The van der Waals surface area contributed by atoms with Gasteiger partial charge in [-0.2, -0.15) is 0 Å². The molecule has 0 saturated carbocycles. The molecule has 2 rings (SSSR count). The summed E-state index contributed by atoms with van der Waals surface area (Å²) in [5.74, 6) is 0. The van der Waals surface area contributed by atoms with E-state index < -0.39 is 0 Å². The van der Waals surface area contributed by atoms with Crippen LogP contribution in [0.15, 0.2) is 48.5 Å². The van der Waals surface area contributed by atoms with Crippen LogP contribution in [-0.2, 0) is 0 Å². The first-order valence-electron chi connectivity index (χ1n) is 6.58. The van der Waals surface area contributed by atoms with E-state index >= 15 is 0 Å². The van der Waals surface area contributed by atoms with Crippen molar-refractivity contribution in [1.29, 1.82) is 0 Å². The standard InChI is InChI=1S/C16H18Cl2N2/c1-11(12-6-3-2-4-7-12)20-15(10-19)16-13(17)8-5-9-14(16)18/h2-9,11,15,20H,10,19H2,1H3. The van der Waals surface area contributed by atoms with Crippen LogP contribution < -0.4 is 11.1 Å². The van der Waals surface area contributed by atoms with Crippen LogP contribution >= 0.6 is 23.2 Å². The zero-order chi connectivity index (χ0) is 14.5. The number of nitrogens with one attached hydrogen (secondary N) is 1. The Balaban J connectivity index is 2.21. The van der Waals surface area contributed by atoms with Crippen LogP contribution in [0.5, 0.6) is 0 Å². The average Bonchev–Trinajstić information content (AvgIpc) is 2.46. The van der Waals surface area contributed by atoms with Crippen LogP contribution in [0.2, 0.25) is 10.0 Å². The highest BCUT2D eigenvalue weighted by atomic mass is 35.5. The molecule has 0 amide bonds. The van der Waals surface area contributed by atoms with Gasteiger partial charge in [0.2, 0.25) is 0 Å². The fourth-order valence-corrected chi connectivity index (χ4v) is 2.91. The van der Waals surface area contributed by atoms with Crippen molar-refractivity contribution in [3.05, 3.63) is 69.7 Å². The van der Waals surface area contributed by atoms with Gasteiger partial charge < -0.3 is 11.1 Å². The van der Waals surface area contributed by atoms with Crippen LogP contribution in [0, 0.1) is 0 Å². The minimum Gasteiger partial charge on any atom is -0.329 e. The first-order valence-corrected chi connectivity index (χ1v) is 7.34. The van der Waals surface area contributed by atoms with Crippen LogP contribution in [0.1, 0.15) is 30.1 Å². The van der Waals surface area contributed by atoms with Crippen molar-refractivity contribution in [1.82, 2.24) is 5.32 Å². The number of hydrogen-bond donors (Lipinski definition) is 2. The summed E-state index contributed by atoms with van der Waals surface area (Å²) in [6.07, 6.45) is 0. The number of hydrogen-bond acceptors (Lipinski definition) is 2. The van der Waals surface area contributed by atoms with Crippen molar-refractivity contribution < 1.29 is 0 Å². The van der Waals surface area contributed by atoms with Gasteiger partial charge in [0.25, 0.3) is 0 Å². The third-order valence-corrected chi connectivity index (χ3v) is 3.99. The maximum atomic E-state index is 6.25. The van der Waals surface area contributed by atoms with E-state index in [1.165, 1.54) is 5.56 Å². The van der Waals surface area contributed by atoms with E-state index in [0.29, 0.717) is 16.6 Å². The molecule has 0 radical (unpaired) electrons. The Kier molecular flexibility index (Phi) is 5.44. The Morgan fingerprint density at radius 1 is 1.00 bits per heavy atom. The van der Waals surface area contributed by atoms with Crippen LogP contribution in [-0.4, -0.2) is 6.54 Å². The highest BCUT2D eigenvalue weighted by Gasteiger charge is 2.19. The van der Waals surface area contributed by atoms with Gasteiger partial charge in [0.15, 0.2) is 0 Å². The van der Waals surface area contributed by atoms with E-state index in [-0.39, 0.29) is 12.1 Å². The minimum atomic E-state index is -0.0774. The third kappa shape index (κ3) is 3.53. The summed E-state index contributed by atoms with van der Waals surface area (Å²) in [4.78, 5) is 0. The van der Waals surface area contributed by atoms with Crippen molar-refractivity contribution in [3.8, 4) is 0 Å². The first kappa shape index (κ1) is 15.3. The molecule has 0 bridgehead atoms. The highest BCUT2D eigenvalue weighted by molar-refractivity contribution is 6.36. The number of halogens is 2. The second-order valence-corrected chi connectivity index (χ2v) is 5.54. The zero-order valence-electron chi connectivity index (χ0n) is 11.3. The third-order valence-electron chi connectivity index (χ3n) is 3.33. The van der Waals surface area contributed by atoms with Crippen LogP contribution in [0.25, 0.3) is 0 Å². The smallest absolute Gasteiger partial charge is 0.0478 e. The summed E-state index contributed by atoms with van der Waals surface area (Å²) in [7, 11) is 0. The second-order valence-electron chi connectivity index (χ2n) is 4.72. The molecule has 3 N–H and O–H groups in total. The minimum absolute atomic E-state index is 0.0774. The molecule has 2 aromatic carbocycles. The van der Waals surface area contributed by atoms with Gasteiger partial charge in [-0.3, -0.25) is 0 Å². The lowest BCUT2D eigenvalue weighted by Crippen LogP contribution is -2.31. The van der Waals surface area contributed by atoms with Crippen LogP contribution in [0.4, 0.5) is 0 Å². The molecule has 0 spiro atoms. The number of rotatable bonds is 5. The lowest BCUT2D eigenvalue weighted by Gasteiger charge is -2.24. The average molecular weight is 309 g/mol. The molecule has 4 heteroatoms. The molecule has 0 heterocycles. The van der Waals surface area contributed by atoms with Gasteiger partial charge in [0.1, 0.15) is 0 Å². The Labute approximate surface area is 129 Å². The number of benzene rings is 2. The quantitative estimate of drug-likeness (QED) is 0.862. The van der Waals surface area contributed by atoms with E-state index in [2.05, 4.69) is 24.4 Å². The SMILES string of the molecule is CC(NC(CN)c1c(Cl)cccc1Cl)c1ccccc1. The van der Waals surface area contributed by atoms with E-state index in [1.807, 2.05) is 36.4 Å². The predicted octanol–water partition coefficient (Wildman–Crippen LogP) is 4.34. The molecule has 0 saturated heterocycles. The zero-order valence-corrected chi connectivity index (χ0v) is 12.8. The van der Waals surface area contributed by atoms with Crippen molar-refractivity contribution in [3.63, 3.8) is 0 Å². The summed E-state index contributed by atoms with van der Waals surface area (Å²) in [6.45, 7) is 2.53. The molecular formula is C16H18Cl2N2. The maximum absolute atomic E-state index is 6.25. The maximum Gasteiger partial charge on any atom is 0.0478 e. The summed E-state index contributed by atoms with van der Waals surface area (Å²) in [5.41, 5.74) is 7.95. The van der Waals surface area contributed by atoms with E-state index in [1.54, 1.807) is 0 Å².